The molecule has 1 amide bonds. The standard InChI is InChI=1S/C18H33N3O2/c1-13-10-20(11-14(2)23-13)12-17-7-4-8-21(17)18(22)15-5-3-6-16(19)9-15/h13-17H,3-12,19H2,1-2H3/t13-,14-,15-,16-,17+/m1/s1. The Morgan fingerprint density at radius 2 is 1.87 bits per heavy atom. The summed E-state index contributed by atoms with van der Waals surface area (Å²) in [4.78, 5) is 17.6. The highest BCUT2D eigenvalue weighted by atomic mass is 16.5. The average Bonchev–Trinajstić information content (AvgIpc) is 2.93. The van der Waals surface area contributed by atoms with Crippen LogP contribution in [-0.4, -0.2) is 66.2 Å². The van der Waals surface area contributed by atoms with Gasteiger partial charge in [0.15, 0.2) is 0 Å². The van der Waals surface area contributed by atoms with E-state index in [4.69, 9.17) is 10.5 Å². The second kappa shape index (κ2) is 7.49. The zero-order chi connectivity index (χ0) is 16.4. The van der Waals surface area contributed by atoms with E-state index in [1.165, 1.54) is 0 Å². The number of ether oxygens (including phenoxy) is 1. The van der Waals surface area contributed by atoms with E-state index in [0.717, 1.165) is 64.7 Å². The number of carbonyl (C=O) groups excluding carboxylic acids is 1. The molecule has 2 heterocycles. The zero-order valence-corrected chi connectivity index (χ0v) is 14.7. The number of hydrogen-bond acceptors (Lipinski definition) is 4. The van der Waals surface area contributed by atoms with Crippen LogP contribution in [0, 0.1) is 5.92 Å². The topological polar surface area (TPSA) is 58.8 Å². The number of amides is 1. The molecule has 1 saturated carbocycles. The van der Waals surface area contributed by atoms with Crippen LogP contribution in [0.3, 0.4) is 0 Å². The molecule has 0 bridgehead atoms. The van der Waals surface area contributed by atoms with Crippen molar-refractivity contribution < 1.29 is 9.53 Å². The van der Waals surface area contributed by atoms with Crippen molar-refractivity contribution in [1.29, 1.82) is 0 Å². The van der Waals surface area contributed by atoms with Gasteiger partial charge in [-0.05, 0) is 46.0 Å². The largest absolute Gasteiger partial charge is 0.373 e. The van der Waals surface area contributed by atoms with Gasteiger partial charge in [-0.3, -0.25) is 9.69 Å². The van der Waals surface area contributed by atoms with Crippen molar-refractivity contribution in [3.63, 3.8) is 0 Å². The van der Waals surface area contributed by atoms with Gasteiger partial charge in [-0.1, -0.05) is 6.42 Å². The van der Waals surface area contributed by atoms with Gasteiger partial charge in [0.1, 0.15) is 0 Å². The van der Waals surface area contributed by atoms with E-state index in [1.54, 1.807) is 0 Å². The molecule has 3 aliphatic rings. The summed E-state index contributed by atoms with van der Waals surface area (Å²) in [5.41, 5.74) is 6.08. The van der Waals surface area contributed by atoms with Crippen LogP contribution in [-0.2, 0) is 9.53 Å². The number of hydrogen-bond donors (Lipinski definition) is 1. The second-order valence-corrected chi connectivity index (χ2v) is 7.93. The summed E-state index contributed by atoms with van der Waals surface area (Å²) in [6, 6.07) is 0.609. The van der Waals surface area contributed by atoms with Gasteiger partial charge in [-0.2, -0.15) is 0 Å². The molecular formula is C18H33N3O2. The molecule has 0 radical (unpaired) electrons. The maximum Gasteiger partial charge on any atom is 0.226 e. The third-order valence-corrected chi connectivity index (χ3v) is 5.69. The summed E-state index contributed by atoms with van der Waals surface area (Å²) < 4.78 is 5.83. The van der Waals surface area contributed by atoms with Crippen molar-refractivity contribution in [2.24, 2.45) is 11.7 Å². The normalized spacial score (nSPS) is 39.6. The molecule has 23 heavy (non-hydrogen) atoms. The van der Waals surface area contributed by atoms with Gasteiger partial charge in [-0.15, -0.1) is 0 Å². The number of likely N-dealkylation sites (tertiary alicyclic amines) is 1. The molecular weight excluding hydrogens is 290 g/mol. The van der Waals surface area contributed by atoms with Crippen LogP contribution in [0.5, 0.6) is 0 Å². The lowest BCUT2D eigenvalue weighted by Crippen LogP contribution is -2.52. The Morgan fingerprint density at radius 1 is 1.13 bits per heavy atom. The number of rotatable bonds is 3. The summed E-state index contributed by atoms with van der Waals surface area (Å²) >= 11 is 0. The third kappa shape index (κ3) is 4.25. The molecule has 2 saturated heterocycles. The van der Waals surface area contributed by atoms with E-state index in [9.17, 15) is 4.79 Å². The van der Waals surface area contributed by atoms with E-state index >= 15 is 0 Å². The first-order valence-electron chi connectivity index (χ1n) is 9.46. The van der Waals surface area contributed by atoms with E-state index in [0.29, 0.717) is 24.2 Å². The van der Waals surface area contributed by atoms with Gasteiger partial charge in [0.05, 0.1) is 12.2 Å². The summed E-state index contributed by atoms with van der Waals surface area (Å²) in [7, 11) is 0. The first-order valence-corrected chi connectivity index (χ1v) is 9.46. The van der Waals surface area contributed by atoms with Gasteiger partial charge in [0.2, 0.25) is 5.91 Å². The Bertz CT molecular complexity index is 407. The molecule has 5 atom stereocenters. The van der Waals surface area contributed by atoms with Crippen molar-refractivity contribution >= 4 is 5.91 Å². The molecule has 2 N–H and O–H groups in total. The summed E-state index contributed by atoms with van der Waals surface area (Å²) in [5, 5.41) is 0. The zero-order valence-electron chi connectivity index (χ0n) is 14.7. The number of carbonyl (C=O) groups is 1. The minimum absolute atomic E-state index is 0.168. The van der Waals surface area contributed by atoms with Gasteiger partial charge in [-0.25, -0.2) is 0 Å². The fourth-order valence-electron chi connectivity index (χ4n) is 4.73. The van der Waals surface area contributed by atoms with Gasteiger partial charge in [0, 0.05) is 44.2 Å². The Labute approximate surface area is 140 Å². The number of nitrogens with two attached hydrogens (primary N) is 1. The van der Waals surface area contributed by atoms with Crippen LogP contribution in [0.2, 0.25) is 0 Å². The quantitative estimate of drug-likeness (QED) is 0.857. The summed E-state index contributed by atoms with van der Waals surface area (Å²) in [6.45, 7) is 8.19. The number of morpholine rings is 1. The smallest absolute Gasteiger partial charge is 0.226 e. The van der Waals surface area contributed by atoms with Crippen LogP contribution in [0.25, 0.3) is 0 Å². The van der Waals surface area contributed by atoms with Crippen LogP contribution in [0.15, 0.2) is 0 Å². The average molecular weight is 323 g/mol. The maximum absolute atomic E-state index is 13.0. The van der Waals surface area contributed by atoms with Crippen LogP contribution in [0.4, 0.5) is 0 Å². The molecule has 132 valence electrons. The van der Waals surface area contributed by atoms with Gasteiger partial charge >= 0.3 is 0 Å². The monoisotopic (exact) mass is 323 g/mol. The Morgan fingerprint density at radius 3 is 2.57 bits per heavy atom. The predicted octanol–water partition coefficient (Wildman–Crippen LogP) is 1.60. The van der Waals surface area contributed by atoms with Crippen molar-refractivity contribution in [2.75, 3.05) is 26.2 Å². The fourth-order valence-corrected chi connectivity index (χ4v) is 4.73. The van der Waals surface area contributed by atoms with E-state index in [1.807, 2.05) is 0 Å². The second-order valence-electron chi connectivity index (χ2n) is 7.93. The Hall–Kier alpha value is -0.650. The highest BCUT2D eigenvalue weighted by molar-refractivity contribution is 5.79. The van der Waals surface area contributed by atoms with E-state index in [2.05, 4.69) is 23.6 Å². The summed E-state index contributed by atoms with van der Waals surface area (Å²) in [5.74, 6) is 0.541. The molecule has 0 spiro atoms. The minimum Gasteiger partial charge on any atom is -0.373 e. The van der Waals surface area contributed by atoms with Crippen LogP contribution >= 0.6 is 0 Å². The first-order chi connectivity index (χ1) is 11.0. The molecule has 0 unspecified atom stereocenters. The SMILES string of the molecule is C[C@@H]1CN(C[C@@H]2CCCN2C(=O)[C@@H]2CCC[C@@H](N)C2)C[C@@H](C)O1. The van der Waals surface area contributed by atoms with Crippen molar-refractivity contribution in [3.8, 4) is 0 Å². The molecule has 0 aromatic heterocycles. The minimum atomic E-state index is 0.168. The molecule has 3 fully saturated rings. The lowest BCUT2D eigenvalue weighted by molar-refractivity contribution is -0.138. The van der Waals surface area contributed by atoms with Crippen LogP contribution in [0.1, 0.15) is 52.4 Å². The number of nitrogens with zero attached hydrogens (tertiary/aromatic N) is 2. The summed E-state index contributed by atoms with van der Waals surface area (Å²) in [6.07, 6.45) is 6.97. The molecule has 2 aliphatic heterocycles. The highest BCUT2D eigenvalue weighted by Crippen LogP contribution is 2.29. The van der Waals surface area contributed by atoms with Gasteiger partial charge in [0.25, 0.3) is 0 Å². The van der Waals surface area contributed by atoms with Gasteiger partial charge < -0.3 is 15.4 Å². The molecule has 0 aromatic rings. The van der Waals surface area contributed by atoms with Crippen molar-refractivity contribution in [1.82, 2.24) is 9.80 Å². The highest BCUT2D eigenvalue weighted by Gasteiger charge is 2.36. The van der Waals surface area contributed by atoms with Crippen molar-refractivity contribution in [2.45, 2.75) is 76.7 Å². The first kappa shape index (κ1) is 17.2. The maximum atomic E-state index is 13.0. The van der Waals surface area contributed by atoms with E-state index in [-0.39, 0.29) is 12.0 Å². The fraction of sp³-hybridized carbons (Fsp3) is 0.944. The predicted molar refractivity (Wildman–Crippen MR) is 91.1 cm³/mol. The lowest BCUT2D eigenvalue weighted by atomic mass is 9.85. The van der Waals surface area contributed by atoms with E-state index < -0.39 is 0 Å². The molecule has 3 rings (SSSR count). The molecule has 5 nitrogen and oxygen atoms in total. The Kier molecular flexibility index (Phi) is 5.60. The lowest BCUT2D eigenvalue weighted by Gasteiger charge is -2.39. The van der Waals surface area contributed by atoms with Crippen LogP contribution < -0.4 is 5.73 Å². The molecule has 0 aromatic carbocycles. The Balaban J connectivity index is 1.57. The molecule has 5 heteroatoms. The molecule has 1 aliphatic carbocycles. The van der Waals surface area contributed by atoms with Crippen molar-refractivity contribution in [3.05, 3.63) is 0 Å². The third-order valence-electron chi connectivity index (χ3n) is 5.69.